The van der Waals surface area contributed by atoms with Crippen molar-refractivity contribution in [1.82, 2.24) is 5.32 Å². The molecule has 2 nitrogen and oxygen atoms in total. The lowest BCUT2D eigenvalue weighted by Gasteiger charge is -2.14. The minimum absolute atomic E-state index is 0.00851. The molecule has 0 heterocycles. The van der Waals surface area contributed by atoms with E-state index in [0.29, 0.717) is 5.56 Å². The summed E-state index contributed by atoms with van der Waals surface area (Å²) in [5.41, 5.74) is 1.77. The van der Waals surface area contributed by atoms with Gasteiger partial charge in [-0.25, -0.2) is 0 Å². The van der Waals surface area contributed by atoms with E-state index >= 15 is 0 Å². The van der Waals surface area contributed by atoms with Crippen LogP contribution in [0.1, 0.15) is 28.9 Å². The molecule has 0 fully saturated rings. The molecule has 0 aromatic heterocycles. The highest BCUT2D eigenvalue weighted by atomic mass is 79.9. The number of halogens is 1. The molecule has 1 N–H and O–H groups in total. The van der Waals surface area contributed by atoms with Crippen molar-refractivity contribution in [2.45, 2.75) is 13.0 Å². The van der Waals surface area contributed by atoms with Crippen LogP contribution in [0.15, 0.2) is 59.1 Å². The van der Waals surface area contributed by atoms with E-state index in [1.807, 2.05) is 61.5 Å². The van der Waals surface area contributed by atoms with Gasteiger partial charge in [-0.1, -0.05) is 46.3 Å². The second-order valence-electron chi connectivity index (χ2n) is 4.11. The van der Waals surface area contributed by atoms with Gasteiger partial charge in [0.05, 0.1) is 6.04 Å². The molecule has 92 valence electrons. The third-order valence-corrected chi connectivity index (χ3v) is 3.28. The monoisotopic (exact) mass is 303 g/mol. The Morgan fingerprint density at radius 1 is 1.06 bits per heavy atom. The molecule has 1 atom stereocenters. The number of rotatable bonds is 3. The van der Waals surface area contributed by atoms with Crippen LogP contribution in [0.3, 0.4) is 0 Å². The zero-order valence-corrected chi connectivity index (χ0v) is 11.6. The minimum atomic E-state index is -0.0500. The summed E-state index contributed by atoms with van der Waals surface area (Å²) in [6, 6.07) is 17.2. The topological polar surface area (TPSA) is 29.1 Å². The Kier molecular flexibility index (Phi) is 4.15. The summed E-state index contributed by atoms with van der Waals surface area (Å²) in [5.74, 6) is -0.0500. The molecule has 0 radical (unpaired) electrons. The highest BCUT2D eigenvalue weighted by molar-refractivity contribution is 9.10. The lowest BCUT2D eigenvalue weighted by molar-refractivity contribution is 0.0940. The molecule has 3 heteroatoms. The average Bonchev–Trinajstić information content (AvgIpc) is 2.40. The van der Waals surface area contributed by atoms with Crippen LogP contribution >= 0.6 is 15.9 Å². The van der Waals surface area contributed by atoms with Gasteiger partial charge in [0, 0.05) is 10.0 Å². The fourth-order valence-electron chi connectivity index (χ4n) is 1.70. The predicted molar refractivity (Wildman–Crippen MR) is 76.5 cm³/mol. The maximum atomic E-state index is 12.0. The first-order valence-electron chi connectivity index (χ1n) is 5.78. The zero-order valence-electron chi connectivity index (χ0n) is 10.1. The van der Waals surface area contributed by atoms with Crippen molar-refractivity contribution in [3.05, 3.63) is 70.2 Å². The van der Waals surface area contributed by atoms with E-state index in [-0.39, 0.29) is 11.9 Å². The molecule has 0 saturated carbocycles. The normalized spacial score (nSPS) is 11.9. The first-order chi connectivity index (χ1) is 8.66. The van der Waals surface area contributed by atoms with Crippen LogP contribution < -0.4 is 5.32 Å². The first-order valence-corrected chi connectivity index (χ1v) is 6.57. The van der Waals surface area contributed by atoms with E-state index in [0.717, 1.165) is 10.0 Å². The Labute approximate surface area is 115 Å². The van der Waals surface area contributed by atoms with E-state index in [4.69, 9.17) is 0 Å². The highest BCUT2D eigenvalue weighted by Gasteiger charge is 2.10. The van der Waals surface area contributed by atoms with E-state index in [1.54, 1.807) is 0 Å². The van der Waals surface area contributed by atoms with Gasteiger partial charge in [0.1, 0.15) is 0 Å². The van der Waals surface area contributed by atoms with Crippen LogP contribution in [0, 0.1) is 0 Å². The van der Waals surface area contributed by atoms with Crippen molar-refractivity contribution in [3.8, 4) is 0 Å². The number of hydrogen-bond acceptors (Lipinski definition) is 1. The lowest BCUT2D eigenvalue weighted by atomic mass is 10.1. The van der Waals surface area contributed by atoms with Crippen LogP contribution in [0.5, 0.6) is 0 Å². The molecule has 0 aliphatic rings. The van der Waals surface area contributed by atoms with Gasteiger partial charge in [-0.3, -0.25) is 4.79 Å². The standard InChI is InChI=1S/C15H14BrNO/c1-11(12-7-9-14(16)10-8-12)17-15(18)13-5-3-2-4-6-13/h2-11H,1H3,(H,17,18)/t11-/m1/s1. The van der Waals surface area contributed by atoms with Crippen LogP contribution in [0.25, 0.3) is 0 Å². The van der Waals surface area contributed by atoms with E-state index in [1.165, 1.54) is 0 Å². The second-order valence-corrected chi connectivity index (χ2v) is 5.03. The van der Waals surface area contributed by atoms with Gasteiger partial charge in [-0.15, -0.1) is 0 Å². The lowest BCUT2D eigenvalue weighted by Crippen LogP contribution is -2.26. The SMILES string of the molecule is C[C@@H](NC(=O)c1ccccc1)c1ccc(Br)cc1. The van der Waals surface area contributed by atoms with Crippen molar-refractivity contribution >= 4 is 21.8 Å². The van der Waals surface area contributed by atoms with Crippen molar-refractivity contribution in [2.24, 2.45) is 0 Å². The first kappa shape index (κ1) is 12.8. The Bertz CT molecular complexity index is 522. The molecule has 0 aliphatic carbocycles. The summed E-state index contributed by atoms with van der Waals surface area (Å²) in [6.07, 6.45) is 0. The quantitative estimate of drug-likeness (QED) is 0.914. The number of carbonyl (C=O) groups is 1. The average molecular weight is 304 g/mol. The van der Waals surface area contributed by atoms with Gasteiger partial charge < -0.3 is 5.32 Å². The summed E-state index contributed by atoms with van der Waals surface area (Å²) in [6.45, 7) is 1.98. The van der Waals surface area contributed by atoms with Crippen molar-refractivity contribution in [2.75, 3.05) is 0 Å². The summed E-state index contributed by atoms with van der Waals surface area (Å²) in [4.78, 5) is 12.0. The van der Waals surface area contributed by atoms with Crippen molar-refractivity contribution in [1.29, 1.82) is 0 Å². The largest absolute Gasteiger partial charge is 0.346 e. The molecular formula is C15H14BrNO. The summed E-state index contributed by atoms with van der Waals surface area (Å²) >= 11 is 3.39. The Morgan fingerprint density at radius 3 is 2.28 bits per heavy atom. The summed E-state index contributed by atoms with van der Waals surface area (Å²) in [7, 11) is 0. The van der Waals surface area contributed by atoms with Gasteiger partial charge in [-0.2, -0.15) is 0 Å². The zero-order chi connectivity index (χ0) is 13.0. The molecule has 1 amide bonds. The molecule has 2 aromatic carbocycles. The van der Waals surface area contributed by atoms with Gasteiger partial charge in [0.15, 0.2) is 0 Å². The Morgan fingerprint density at radius 2 is 1.67 bits per heavy atom. The Hall–Kier alpha value is -1.61. The van der Waals surface area contributed by atoms with Crippen molar-refractivity contribution in [3.63, 3.8) is 0 Å². The third kappa shape index (κ3) is 3.20. The maximum absolute atomic E-state index is 12.0. The van der Waals surface area contributed by atoms with Crippen LogP contribution in [-0.4, -0.2) is 5.91 Å². The highest BCUT2D eigenvalue weighted by Crippen LogP contribution is 2.16. The third-order valence-electron chi connectivity index (χ3n) is 2.75. The summed E-state index contributed by atoms with van der Waals surface area (Å²) < 4.78 is 1.04. The summed E-state index contributed by atoms with van der Waals surface area (Å²) in [5, 5.41) is 2.98. The molecule has 0 bridgehead atoms. The molecule has 0 spiro atoms. The van der Waals surface area contributed by atoms with Gasteiger partial charge >= 0.3 is 0 Å². The van der Waals surface area contributed by atoms with E-state index in [2.05, 4.69) is 21.2 Å². The van der Waals surface area contributed by atoms with E-state index in [9.17, 15) is 4.79 Å². The fraction of sp³-hybridized carbons (Fsp3) is 0.133. The molecular weight excluding hydrogens is 290 g/mol. The second kappa shape index (κ2) is 5.83. The van der Waals surface area contributed by atoms with Gasteiger partial charge in [0.25, 0.3) is 5.91 Å². The number of carbonyl (C=O) groups excluding carboxylic acids is 1. The van der Waals surface area contributed by atoms with Gasteiger partial charge in [0.2, 0.25) is 0 Å². The predicted octanol–water partition coefficient (Wildman–Crippen LogP) is 3.94. The molecule has 2 aromatic rings. The maximum Gasteiger partial charge on any atom is 0.251 e. The Balaban J connectivity index is 2.06. The molecule has 2 rings (SSSR count). The fourth-order valence-corrected chi connectivity index (χ4v) is 1.97. The molecule has 0 unspecified atom stereocenters. The number of benzene rings is 2. The molecule has 0 aliphatic heterocycles. The molecule has 18 heavy (non-hydrogen) atoms. The number of hydrogen-bond donors (Lipinski definition) is 1. The van der Waals surface area contributed by atoms with Crippen LogP contribution in [0.4, 0.5) is 0 Å². The van der Waals surface area contributed by atoms with Crippen molar-refractivity contribution < 1.29 is 4.79 Å². The smallest absolute Gasteiger partial charge is 0.251 e. The van der Waals surface area contributed by atoms with Gasteiger partial charge in [-0.05, 0) is 36.8 Å². The molecule has 0 saturated heterocycles. The number of nitrogens with one attached hydrogen (secondary N) is 1. The minimum Gasteiger partial charge on any atom is -0.346 e. The van der Waals surface area contributed by atoms with Crippen LogP contribution in [0.2, 0.25) is 0 Å². The van der Waals surface area contributed by atoms with Crippen LogP contribution in [-0.2, 0) is 0 Å². The number of amides is 1. The van der Waals surface area contributed by atoms with E-state index < -0.39 is 0 Å².